The fourth-order valence-corrected chi connectivity index (χ4v) is 8.66. The Bertz CT molecular complexity index is 2110. The maximum Gasteiger partial charge on any atom is 0.143 e. The predicted molar refractivity (Wildman–Crippen MR) is 252 cm³/mol. The van der Waals surface area contributed by atoms with Crippen LogP contribution < -0.4 is 10.6 Å². The van der Waals surface area contributed by atoms with Crippen LogP contribution in [0.3, 0.4) is 0 Å². The number of ether oxygens (including phenoxy) is 2. The van der Waals surface area contributed by atoms with Crippen LogP contribution in [0.25, 0.3) is 0 Å². The fraction of sp³-hybridized carbons (Fsp3) is 0.455. The van der Waals surface area contributed by atoms with Crippen LogP contribution in [0.1, 0.15) is 140 Å². The van der Waals surface area contributed by atoms with E-state index >= 15 is 0 Å². The number of rotatable bonds is 12. The maximum atomic E-state index is 11.9. The molecule has 6 heteroatoms. The highest BCUT2D eigenvalue weighted by molar-refractivity contribution is 5.51. The van der Waals surface area contributed by atoms with Crippen LogP contribution in [0.15, 0.2) is 115 Å². The van der Waals surface area contributed by atoms with Gasteiger partial charge in [0.15, 0.2) is 0 Å². The SMILES string of the molecule is CC(C)(C)c1cc(CN[C@@H]2[C@@H](NCc3cc(C(C)(C)C)cc(C(C)(C)C)c3O)CCO[C@H]2COC(c2ccccc2)(c2ccccc2)c2ccccc2)c(O)c(C(C)(C)C)c1. The molecule has 1 fully saturated rings. The van der Waals surface area contributed by atoms with Gasteiger partial charge in [-0.05, 0) is 67.0 Å². The lowest BCUT2D eigenvalue weighted by atomic mass is 9.78. The van der Waals surface area contributed by atoms with Crippen molar-refractivity contribution in [1.29, 1.82) is 0 Å². The summed E-state index contributed by atoms with van der Waals surface area (Å²) >= 11 is 0. The Kier molecular flexibility index (Phi) is 13.7. The van der Waals surface area contributed by atoms with Gasteiger partial charge in [-0.2, -0.15) is 0 Å². The first kappa shape index (κ1) is 46.1. The summed E-state index contributed by atoms with van der Waals surface area (Å²) in [7, 11) is 0. The zero-order valence-corrected chi connectivity index (χ0v) is 38.9. The van der Waals surface area contributed by atoms with E-state index in [9.17, 15) is 10.2 Å². The number of phenolic OH excluding ortho intramolecular Hbond substituents is 2. The fourth-order valence-electron chi connectivity index (χ4n) is 8.66. The molecule has 0 bridgehead atoms. The highest BCUT2D eigenvalue weighted by Gasteiger charge is 2.41. The average Bonchev–Trinajstić information content (AvgIpc) is 3.20. The van der Waals surface area contributed by atoms with Gasteiger partial charge in [0.05, 0.1) is 18.8 Å². The molecule has 1 heterocycles. The highest BCUT2D eigenvalue weighted by Crippen LogP contribution is 2.42. The van der Waals surface area contributed by atoms with Crippen LogP contribution in [0, 0.1) is 0 Å². The summed E-state index contributed by atoms with van der Waals surface area (Å²) in [5.41, 5.74) is 7.52. The largest absolute Gasteiger partial charge is 0.507 e. The van der Waals surface area contributed by atoms with Gasteiger partial charge in [0.25, 0.3) is 0 Å². The maximum absolute atomic E-state index is 11.9. The number of benzene rings is 5. The molecule has 326 valence electrons. The van der Waals surface area contributed by atoms with Crippen molar-refractivity contribution in [2.24, 2.45) is 0 Å². The second-order valence-corrected chi connectivity index (χ2v) is 21.2. The van der Waals surface area contributed by atoms with Crippen molar-refractivity contribution in [3.63, 3.8) is 0 Å². The first-order chi connectivity index (χ1) is 28.6. The minimum Gasteiger partial charge on any atom is -0.507 e. The Hall–Kier alpha value is -4.46. The van der Waals surface area contributed by atoms with Gasteiger partial charge < -0.3 is 30.3 Å². The van der Waals surface area contributed by atoms with Gasteiger partial charge in [-0.3, -0.25) is 0 Å². The smallest absolute Gasteiger partial charge is 0.143 e. The molecule has 3 atom stereocenters. The zero-order valence-electron chi connectivity index (χ0n) is 38.9. The van der Waals surface area contributed by atoms with Crippen LogP contribution in [0.5, 0.6) is 11.5 Å². The molecular weight excluding hydrogens is 753 g/mol. The van der Waals surface area contributed by atoms with Crippen molar-refractivity contribution < 1.29 is 19.7 Å². The number of aromatic hydroxyl groups is 2. The third-order valence-electron chi connectivity index (χ3n) is 12.4. The molecule has 5 aromatic carbocycles. The second kappa shape index (κ2) is 18.1. The highest BCUT2D eigenvalue weighted by atomic mass is 16.5. The molecule has 1 aliphatic rings. The van der Waals surface area contributed by atoms with Crippen LogP contribution in [0.2, 0.25) is 0 Å². The van der Waals surface area contributed by atoms with E-state index < -0.39 is 5.60 Å². The predicted octanol–water partition coefficient (Wildman–Crippen LogP) is 11.7. The summed E-state index contributed by atoms with van der Waals surface area (Å²) in [6, 6.07) is 39.8. The molecule has 61 heavy (non-hydrogen) atoms. The van der Waals surface area contributed by atoms with Gasteiger partial charge in [0.2, 0.25) is 0 Å². The standard InChI is InChI=1S/C55H72N2O4/c1-51(2,3)42-30-37(49(58)44(32-42)53(7,8)9)34-56-46-28-29-60-47(48(46)57-35-38-31-43(52(4,5)6)33-45(50(38)59)54(10,11)12)36-61-55(39-22-16-13-17-23-39,40-24-18-14-19-25-40)41-26-20-15-21-27-41/h13-27,30-33,46-48,56-59H,28-29,34-36H2,1-12H3/t46-,47-,48+/m0/s1. The van der Waals surface area contributed by atoms with Gasteiger partial charge in [-0.1, -0.05) is 198 Å². The van der Waals surface area contributed by atoms with E-state index in [0.29, 0.717) is 31.2 Å². The minimum atomic E-state index is -0.915. The molecular formula is C55H72N2O4. The van der Waals surface area contributed by atoms with Crippen LogP contribution in [-0.2, 0) is 49.8 Å². The molecule has 5 aromatic rings. The summed E-state index contributed by atoms with van der Waals surface area (Å²) in [4.78, 5) is 0. The van der Waals surface area contributed by atoms with E-state index in [1.165, 1.54) is 11.1 Å². The lowest BCUT2D eigenvalue weighted by Gasteiger charge is -2.42. The molecule has 0 unspecified atom stereocenters. The van der Waals surface area contributed by atoms with Gasteiger partial charge in [-0.25, -0.2) is 0 Å². The van der Waals surface area contributed by atoms with E-state index in [2.05, 4.69) is 191 Å². The number of nitrogens with one attached hydrogen (secondary N) is 2. The first-order valence-electron chi connectivity index (χ1n) is 22.2. The summed E-state index contributed by atoms with van der Waals surface area (Å²) in [6.07, 6.45) is 0.388. The topological polar surface area (TPSA) is 83.0 Å². The Morgan fingerprint density at radius 2 is 0.918 bits per heavy atom. The molecule has 0 aromatic heterocycles. The Morgan fingerprint density at radius 3 is 1.30 bits per heavy atom. The van der Waals surface area contributed by atoms with Gasteiger partial charge in [0, 0.05) is 36.9 Å². The van der Waals surface area contributed by atoms with Crippen molar-refractivity contribution in [3.05, 3.63) is 165 Å². The normalized spacial score (nSPS) is 18.0. The summed E-state index contributed by atoms with van der Waals surface area (Å²) < 4.78 is 14.2. The summed E-state index contributed by atoms with van der Waals surface area (Å²) in [5, 5.41) is 31.5. The van der Waals surface area contributed by atoms with Crippen molar-refractivity contribution in [2.45, 2.75) is 148 Å². The number of hydrogen-bond acceptors (Lipinski definition) is 6. The second-order valence-electron chi connectivity index (χ2n) is 21.2. The summed E-state index contributed by atoms with van der Waals surface area (Å²) in [5.74, 6) is 0.679. The van der Waals surface area contributed by atoms with E-state index in [-0.39, 0.29) is 46.5 Å². The molecule has 0 amide bonds. The summed E-state index contributed by atoms with van der Waals surface area (Å²) in [6.45, 7) is 28.0. The van der Waals surface area contributed by atoms with Gasteiger partial charge >= 0.3 is 0 Å². The monoisotopic (exact) mass is 825 g/mol. The quantitative estimate of drug-likeness (QED) is 0.0938. The molecule has 6 nitrogen and oxygen atoms in total. The third-order valence-corrected chi connectivity index (χ3v) is 12.4. The molecule has 0 saturated carbocycles. The van der Waals surface area contributed by atoms with Crippen molar-refractivity contribution in [3.8, 4) is 11.5 Å². The third kappa shape index (κ3) is 10.4. The lowest BCUT2D eigenvalue weighted by Crippen LogP contribution is -2.59. The minimum absolute atomic E-state index is 0.0484. The van der Waals surface area contributed by atoms with Crippen LogP contribution in [-0.4, -0.2) is 41.6 Å². The van der Waals surface area contributed by atoms with Crippen molar-refractivity contribution in [1.82, 2.24) is 10.6 Å². The van der Waals surface area contributed by atoms with E-state index in [1.807, 2.05) is 18.2 Å². The number of hydrogen-bond donors (Lipinski definition) is 4. The molecule has 1 aliphatic heterocycles. The average molecular weight is 825 g/mol. The van der Waals surface area contributed by atoms with Crippen molar-refractivity contribution in [2.75, 3.05) is 13.2 Å². The van der Waals surface area contributed by atoms with Crippen LogP contribution in [0.4, 0.5) is 0 Å². The van der Waals surface area contributed by atoms with E-state index in [1.54, 1.807) is 0 Å². The Balaban J connectivity index is 1.41. The van der Waals surface area contributed by atoms with Crippen LogP contribution >= 0.6 is 0 Å². The van der Waals surface area contributed by atoms with E-state index in [4.69, 9.17) is 9.47 Å². The van der Waals surface area contributed by atoms with E-state index in [0.717, 1.165) is 45.4 Å². The molecule has 0 spiro atoms. The lowest BCUT2D eigenvalue weighted by molar-refractivity contribution is -0.100. The first-order valence-corrected chi connectivity index (χ1v) is 22.2. The molecule has 0 aliphatic carbocycles. The zero-order chi connectivity index (χ0) is 44.4. The number of phenols is 2. The molecule has 0 radical (unpaired) electrons. The Morgan fingerprint density at radius 1 is 0.525 bits per heavy atom. The molecule has 6 rings (SSSR count). The Labute approximate surface area is 367 Å². The van der Waals surface area contributed by atoms with Gasteiger partial charge in [0.1, 0.15) is 17.1 Å². The molecule has 1 saturated heterocycles. The van der Waals surface area contributed by atoms with Crippen molar-refractivity contribution >= 4 is 0 Å². The van der Waals surface area contributed by atoms with Gasteiger partial charge in [-0.15, -0.1) is 0 Å². The molecule has 4 N–H and O–H groups in total.